The van der Waals surface area contributed by atoms with Gasteiger partial charge in [0, 0.05) is 5.69 Å². The van der Waals surface area contributed by atoms with E-state index in [4.69, 9.17) is 5.11 Å². The fraction of sp³-hybridized carbons (Fsp3) is 0.263. The molecule has 0 aliphatic heterocycles. The van der Waals surface area contributed by atoms with Crippen LogP contribution in [0.5, 0.6) is 0 Å². The number of nitrogens with one attached hydrogen (secondary N) is 1. The largest absolute Gasteiger partial charge is 0.481 e. The van der Waals surface area contributed by atoms with Gasteiger partial charge in [0.2, 0.25) is 5.91 Å². The van der Waals surface area contributed by atoms with E-state index in [-0.39, 0.29) is 23.6 Å². The van der Waals surface area contributed by atoms with E-state index in [0.29, 0.717) is 16.8 Å². The van der Waals surface area contributed by atoms with Gasteiger partial charge in [0.15, 0.2) is 9.84 Å². The summed E-state index contributed by atoms with van der Waals surface area (Å²) in [6.45, 7) is 3.25. The van der Waals surface area contributed by atoms with E-state index in [9.17, 15) is 18.0 Å². The summed E-state index contributed by atoms with van der Waals surface area (Å²) in [7, 11) is -3.33. The van der Waals surface area contributed by atoms with Crippen molar-refractivity contribution in [2.45, 2.75) is 36.8 Å². The van der Waals surface area contributed by atoms with E-state index in [1.165, 1.54) is 12.1 Å². The second kappa shape index (κ2) is 8.14. The number of carbonyl (C=O) groups is 2. The van der Waals surface area contributed by atoms with Crippen LogP contribution in [0, 0.1) is 0 Å². The lowest BCUT2D eigenvalue weighted by Gasteiger charge is -2.09. The SMILES string of the molecule is CC(C)S(=O)(=O)c1ccc(CC(=O)Nc2ccc(CC(=O)O)cc2)cc1. The van der Waals surface area contributed by atoms with Crippen LogP contribution in [0.1, 0.15) is 25.0 Å². The van der Waals surface area contributed by atoms with Crippen molar-refractivity contribution < 1.29 is 23.1 Å². The number of aliphatic carboxylic acids is 1. The second-order valence-corrected chi connectivity index (χ2v) is 8.73. The zero-order valence-electron chi connectivity index (χ0n) is 14.6. The third kappa shape index (κ3) is 5.16. The number of carbonyl (C=O) groups excluding carboxylic acids is 1. The van der Waals surface area contributed by atoms with Crippen molar-refractivity contribution in [3.63, 3.8) is 0 Å². The smallest absolute Gasteiger partial charge is 0.307 e. The number of hydrogen-bond acceptors (Lipinski definition) is 4. The molecule has 0 radical (unpaired) electrons. The Kier molecular flexibility index (Phi) is 6.15. The highest BCUT2D eigenvalue weighted by atomic mass is 32.2. The lowest BCUT2D eigenvalue weighted by Crippen LogP contribution is -2.15. The van der Waals surface area contributed by atoms with Crippen molar-refractivity contribution in [1.29, 1.82) is 0 Å². The van der Waals surface area contributed by atoms with Gasteiger partial charge in [-0.15, -0.1) is 0 Å². The van der Waals surface area contributed by atoms with Gasteiger partial charge < -0.3 is 10.4 Å². The fourth-order valence-corrected chi connectivity index (χ4v) is 3.40. The first-order valence-electron chi connectivity index (χ1n) is 8.12. The number of rotatable bonds is 7. The van der Waals surface area contributed by atoms with Crippen molar-refractivity contribution in [1.82, 2.24) is 0 Å². The number of anilines is 1. The van der Waals surface area contributed by atoms with Crippen LogP contribution in [0.25, 0.3) is 0 Å². The summed E-state index contributed by atoms with van der Waals surface area (Å²) >= 11 is 0. The maximum atomic E-state index is 12.1. The fourth-order valence-electron chi connectivity index (χ4n) is 2.34. The highest BCUT2D eigenvalue weighted by Crippen LogP contribution is 2.17. The van der Waals surface area contributed by atoms with E-state index in [1.54, 1.807) is 50.2 Å². The van der Waals surface area contributed by atoms with Crippen LogP contribution in [-0.2, 0) is 32.3 Å². The standard InChI is InChI=1S/C19H21NO5S/c1-13(2)26(24,25)17-9-5-14(6-10-17)11-18(21)20-16-7-3-15(4-8-16)12-19(22)23/h3-10,13H,11-12H2,1-2H3,(H,20,21)(H,22,23). The minimum Gasteiger partial charge on any atom is -0.481 e. The number of hydrogen-bond donors (Lipinski definition) is 2. The first kappa shape index (κ1) is 19.7. The van der Waals surface area contributed by atoms with Gasteiger partial charge in [-0.05, 0) is 49.2 Å². The van der Waals surface area contributed by atoms with E-state index in [0.717, 1.165) is 0 Å². The molecule has 0 heterocycles. The predicted molar refractivity (Wildman–Crippen MR) is 98.9 cm³/mol. The van der Waals surface area contributed by atoms with Crippen molar-refractivity contribution in [2.75, 3.05) is 5.32 Å². The molecule has 1 amide bonds. The molecule has 0 aliphatic rings. The molecule has 0 unspecified atom stereocenters. The van der Waals surface area contributed by atoms with Gasteiger partial charge in [-0.25, -0.2) is 8.42 Å². The lowest BCUT2D eigenvalue weighted by atomic mass is 10.1. The Hall–Kier alpha value is -2.67. The van der Waals surface area contributed by atoms with Crippen molar-refractivity contribution in [2.24, 2.45) is 0 Å². The third-order valence-corrected chi connectivity index (χ3v) is 6.00. The van der Waals surface area contributed by atoms with Gasteiger partial charge in [-0.3, -0.25) is 9.59 Å². The van der Waals surface area contributed by atoms with Crippen LogP contribution in [0.15, 0.2) is 53.4 Å². The molecule has 7 heteroatoms. The summed E-state index contributed by atoms with van der Waals surface area (Å²) in [6.07, 6.45) is 0.0404. The van der Waals surface area contributed by atoms with Crippen LogP contribution in [0.3, 0.4) is 0 Å². The minimum atomic E-state index is -3.33. The van der Waals surface area contributed by atoms with Crippen LogP contribution in [0.4, 0.5) is 5.69 Å². The van der Waals surface area contributed by atoms with E-state index < -0.39 is 21.1 Å². The molecule has 0 fully saturated rings. The van der Waals surface area contributed by atoms with E-state index >= 15 is 0 Å². The Balaban J connectivity index is 1.98. The molecule has 138 valence electrons. The molecule has 0 bridgehead atoms. The first-order chi connectivity index (χ1) is 12.2. The molecule has 2 N–H and O–H groups in total. The van der Waals surface area contributed by atoms with Crippen molar-refractivity contribution >= 4 is 27.4 Å². The average molecular weight is 375 g/mol. The normalized spacial score (nSPS) is 11.3. The molecule has 2 aromatic rings. The van der Waals surface area contributed by atoms with Gasteiger partial charge in [0.1, 0.15) is 0 Å². The van der Waals surface area contributed by atoms with E-state index in [1.807, 2.05) is 0 Å². The van der Waals surface area contributed by atoms with Crippen molar-refractivity contribution in [3.05, 3.63) is 59.7 Å². The average Bonchev–Trinajstić information content (AvgIpc) is 2.56. The first-order valence-corrected chi connectivity index (χ1v) is 9.66. The summed E-state index contributed by atoms with van der Waals surface area (Å²) < 4.78 is 24.2. The Morgan fingerprint density at radius 2 is 1.42 bits per heavy atom. The summed E-state index contributed by atoms with van der Waals surface area (Å²) in [5.41, 5.74) is 1.92. The number of sulfone groups is 1. The maximum absolute atomic E-state index is 12.1. The molecule has 2 rings (SSSR count). The van der Waals surface area contributed by atoms with Gasteiger partial charge >= 0.3 is 5.97 Å². The Morgan fingerprint density at radius 1 is 0.923 bits per heavy atom. The van der Waals surface area contributed by atoms with Gasteiger partial charge in [-0.1, -0.05) is 24.3 Å². The predicted octanol–water partition coefficient (Wildman–Crippen LogP) is 2.68. The Morgan fingerprint density at radius 3 is 1.92 bits per heavy atom. The summed E-state index contributed by atoms with van der Waals surface area (Å²) in [6, 6.07) is 12.9. The lowest BCUT2D eigenvalue weighted by molar-refractivity contribution is -0.136. The number of carboxylic acids is 1. The Labute approximate surface area is 152 Å². The molecule has 2 aromatic carbocycles. The molecule has 0 spiro atoms. The van der Waals surface area contributed by atoms with Crippen LogP contribution in [-0.4, -0.2) is 30.7 Å². The van der Waals surface area contributed by atoms with Crippen molar-refractivity contribution in [3.8, 4) is 0 Å². The van der Waals surface area contributed by atoms with Crippen LogP contribution in [0.2, 0.25) is 0 Å². The van der Waals surface area contributed by atoms with E-state index in [2.05, 4.69) is 5.32 Å². The highest BCUT2D eigenvalue weighted by Gasteiger charge is 2.18. The van der Waals surface area contributed by atoms with Gasteiger partial charge in [0.05, 0.1) is 23.0 Å². The summed E-state index contributed by atoms with van der Waals surface area (Å²) in [5.74, 6) is -1.15. The summed E-state index contributed by atoms with van der Waals surface area (Å²) in [4.78, 5) is 23.0. The molecular formula is C19H21NO5S. The zero-order chi connectivity index (χ0) is 19.3. The molecule has 0 saturated heterocycles. The van der Waals surface area contributed by atoms with Gasteiger partial charge in [0.25, 0.3) is 0 Å². The quantitative estimate of drug-likeness (QED) is 0.775. The van der Waals surface area contributed by atoms with Crippen LogP contribution >= 0.6 is 0 Å². The monoisotopic (exact) mass is 375 g/mol. The number of amides is 1. The zero-order valence-corrected chi connectivity index (χ0v) is 15.4. The Bertz CT molecular complexity index is 885. The molecule has 26 heavy (non-hydrogen) atoms. The molecule has 0 aliphatic carbocycles. The third-order valence-electron chi connectivity index (χ3n) is 3.83. The maximum Gasteiger partial charge on any atom is 0.307 e. The summed E-state index contributed by atoms with van der Waals surface area (Å²) in [5, 5.41) is 11.0. The molecule has 0 atom stereocenters. The molecule has 6 nitrogen and oxygen atoms in total. The van der Waals surface area contributed by atoms with Crippen LogP contribution < -0.4 is 5.32 Å². The second-order valence-electron chi connectivity index (χ2n) is 6.23. The number of benzene rings is 2. The molecule has 0 aromatic heterocycles. The van der Waals surface area contributed by atoms with Gasteiger partial charge in [-0.2, -0.15) is 0 Å². The number of carboxylic acid groups (broad SMARTS) is 1. The topological polar surface area (TPSA) is 101 Å². The molecule has 0 saturated carbocycles. The minimum absolute atomic E-state index is 0.0696. The molecular weight excluding hydrogens is 354 g/mol. The highest BCUT2D eigenvalue weighted by molar-refractivity contribution is 7.92.